The van der Waals surface area contributed by atoms with Crippen molar-refractivity contribution in [2.24, 2.45) is 0 Å². The summed E-state index contributed by atoms with van der Waals surface area (Å²) in [6.45, 7) is 3.96. The second kappa shape index (κ2) is 4.27. The van der Waals surface area contributed by atoms with E-state index >= 15 is 0 Å². The van der Waals surface area contributed by atoms with Gasteiger partial charge in [0.25, 0.3) is 0 Å². The predicted molar refractivity (Wildman–Crippen MR) is 64.5 cm³/mol. The number of benzene rings is 1. The summed E-state index contributed by atoms with van der Waals surface area (Å²) < 4.78 is 0. The Labute approximate surface area is 95.0 Å². The largest absolute Gasteiger partial charge is 0.298 e. The molecule has 2 rings (SSSR count). The zero-order valence-electron chi connectivity index (χ0n) is 9.40. The summed E-state index contributed by atoms with van der Waals surface area (Å²) in [5.41, 5.74) is 5.05. The highest BCUT2D eigenvalue weighted by Gasteiger charge is 2.02. The summed E-state index contributed by atoms with van der Waals surface area (Å²) in [5.74, 6) is 0. The summed E-state index contributed by atoms with van der Waals surface area (Å²) in [4.78, 5) is 14.9. The molecule has 0 N–H and O–H groups in total. The molecule has 0 bridgehead atoms. The van der Waals surface area contributed by atoms with Gasteiger partial charge in [-0.2, -0.15) is 0 Å². The minimum absolute atomic E-state index is 0.740. The zero-order chi connectivity index (χ0) is 11.5. The van der Waals surface area contributed by atoms with Crippen LogP contribution in [0.25, 0.3) is 11.1 Å². The van der Waals surface area contributed by atoms with Crippen LogP contribution in [0.15, 0.2) is 36.7 Å². The van der Waals surface area contributed by atoms with Crippen LogP contribution in [-0.4, -0.2) is 11.3 Å². The molecule has 0 saturated heterocycles. The van der Waals surface area contributed by atoms with E-state index in [1.807, 2.05) is 44.4 Å². The minimum atomic E-state index is 0.740. The van der Waals surface area contributed by atoms with Crippen LogP contribution in [-0.2, 0) is 0 Å². The Morgan fingerprint density at radius 2 is 1.88 bits per heavy atom. The summed E-state index contributed by atoms with van der Waals surface area (Å²) >= 11 is 0. The molecule has 0 atom stereocenters. The van der Waals surface area contributed by atoms with Crippen molar-refractivity contribution in [2.45, 2.75) is 13.8 Å². The summed E-state index contributed by atoms with van der Waals surface area (Å²) in [6.07, 6.45) is 4.55. The number of aryl methyl sites for hydroxylation is 2. The molecule has 0 saturated carbocycles. The van der Waals surface area contributed by atoms with Crippen molar-refractivity contribution in [1.29, 1.82) is 0 Å². The maximum atomic E-state index is 10.7. The molecule has 0 aliphatic carbocycles. The SMILES string of the molecule is Cc1cncc(-c2ccc(C=O)c(C)c2)c1. The molecule has 80 valence electrons. The molecule has 0 aliphatic rings. The van der Waals surface area contributed by atoms with E-state index in [4.69, 9.17) is 0 Å². The number of nitrogens with zero attached hydrogens (tertiary/aromatic N) is 1. The smallest absolute Gasteiger partial charge is 0.150 e. The number of pyridine rings is 1. The molecule has 16 heavy (non-hydrogen) atoms. The molecule has 1 aromatic heterocycles. The molecule has 0 radical (unpaired) electrons. The van der Waals surface area contributed by atoms with E-state index in [-0.39, 0.29) is 0 Å². The molecule has 2 heteroatoms. The Hall–Kier alpha value is -1.96. The molecule has 2 aromatic rings. The molecular formula is C14H13NO. The van der Waals surface area contributed by atoms with E-state index in [9.17, 15) is 4.79 Å². The average molecular weight is 211 g/mol. The van der Waals surface area contributed by atoms with Gasteiger partial charge in [-0.1, -0.05) is 18.2 Å². The van der Waals surface area contributed by atoms with Crippen molar-refractivity contribution in [3.8, 4) is 11.1 Å². The van der Waals surface area contributed by atoms with Gasteiger partial charge < -0.3 is 0 Å². The van der Waals surface area contributed by atoms with Gasteiger partial charge in [-0.05, 0) is 36.6 Å². The van der Waals surface area contributed by atoms with Gasteiger partial charge in [0, 0.05) is 23.5 Å². The van der Waals surface area contributed by atoms with Gasteiger partial charge in [0.2, 0.25) is 0 Å². The maximum Gasteiger partial charge on any atom is 0.150 e. The van der Waals surface area contributed by atoms with Crippen molar-refractivity contribution in [1.82, 2.24) is 4.98 Å². The first-order chi connectivity index (χ1) is 7.70. The fourth-order valence-electron chi connectivity index (χ4n) is 1.70. The lowest BCUT2D eigenvalue weighted by atomic mass is 10.0. The molecule has 0 aliphatic heterocycles. The topological polar surface area (TPSA) is 30.0 Å². The zero-order valence-corrected chi connectivity index (χ0v) is 9.40. The molecule has 0 unspecified atom stereocenters. The van der Waals surface area contributed by atoms with E-state index < -0.39 is 0 Å². The van der Waals surface area contributed by atoms with Crippen LogP contribution < -0.4 is 0 Å². The third-order valence-corrected chi connectivity index (χ3v) is 2.61. The van der Waals surface area contributed by atoms with Gasteiger partial charge in [-0.3, -0.25) is 9.78 Å². The number of rotatable bonds is 2. The normalized spacial score (nSPS) is 10.1. The van der Waals surface area contributed by atoms with Crippen molar-refractivity contribution in [3.05, 3.63) is 53.3 Å². The second-order valence-electron chi connectivity index (χ2n) is 3.94. The van der Waals surface area contributed by atoms with Crippen molar-refractivity contribution < 1.29 is 4.79 Å². The van der Waals surface area contributed by atoms with Gasteiger partial charge >= 0.3 is 0 Å². The molecular weight excluding hydrogens is 198 g/mol. The highest BCUT2D eigenvalue weighted by atomic mass is 16.1. The number of aromatic nitrogens is 1. The van der Waals surface area contributed by atoms with Crippen LogP contribution in [0.4, 0.5) is 0 Å². The summed E-state index contributed by atoms with van der Waals surface area (Å²) in [7, 11) is 0. The van der Waals surface area contributed by atoms with E-state index in [1.54, 1.807) is 0 Å². The van der Waals surface area contributed by atoms with Crippen LogP contribution in [0.1, 0.15) is 21.5 Å². The van der Waals surface area contributed by atoms with E-state index in [0.717, 1.165) is 34.1 Å². The third-order valence-electron chi connectivity index (χ3n) is 2.61. The standard InChI is InChI=1S/C14H13NO/c1-10-5-14(8-15-7-10)12-3-4-13(9-16)11(2)6-12/h3-9H,1-2H3. The fourth-order valence-corrected chi connectivity index (χ4v) is 1.70. The van der Waals surface area contributed by atoms with Gasteiger partial charge in [-0.25, -0.2) is 0 Å². The molecule has 0 spiro atoms. The molecule has 1 aromatic carbocycles. The number of hydrogen-bond acceptors (Lipinski definition) is 2. The number of carbonyl (C=O) groups excluding carboxylic acids is 1. The van der Waals surface area contributed by atoms with Crippen molar-refractivity contribution in [2.75, 3.05) is 0 Å². The first-order valence-corrected chi connectivity index (χ1v) is 5.18. The fraction of sp³-hybridized carbons (Fsp3) is 0.143. The average Bonchev–Trinajstić information content (AvgIpc) is 2.29. The molecule has 2 nitrogen and oxygen atoms in total. The van der Waals surface area contributed by atoms with Crippen LogP contribution in [0.2, 0.25) is 0 Å². The highest BCUT2D eigenvalue weighted by molar-refractivity contribution is 5.79. The molecule has 0 fully saturated rings. The highest BCUT2D eigenvalue weighted by Crippen LogP contribution is 2.21. The number of hydrogen-bond donors (Lipinski definition) is 0. The molecule has 0 amide bonds. The van der Waals surface area contributed by atoms with Crippen molar-refractivity contribution in [3.63, 3.8) is 0 Å². The Bertz CT molecular complexity index is 532. The van der Waals surface area contributed by atoms with E-state index in [0.29, 0.717) is 0 Å². The van der Waals surface area contributed by atoms with E-state index in [2.05, 4.69) is 11.1 Å². The van der Waals surface area contributed by atoms with Crippen LogP contribution in [0, 0.1) is 13.8 Å². The van der Waals surface area contributed by atoms with Crippen molar-refractivity contribution >= 4 is 6.29 Å². The summed E-state index contributed by atoms with van der Waals surface area (Å²) in [5, 5.41) is 0. The Morgan fingerprint density at radius 1 is 1.06 bits per heavy atom. The first-order valence-electron chi connectivity index (χ1n) is 5.18. The van der Waals surface area contributed by atoms with Gasteiger partial charge in [0.15, 0.2) is 0 Å². The third kappa shape index (κ3) is 2.01. The number of carbonyl (C=O) groups is 1. The van der Waals surface area contributed by atoms with E-state index in [1.165, 1.54) is 0 Å². The van der Waals surface area contributed by atoms with Gasteiger partial charge in [-0.15, -0.1) is 0 Å². The van der Waals surface area contributed by atoms with Crippen LogP contribution >= 0.6 is 0 Å². The lowest BCUT2D eigenvalue weighted by Gasteiger charge is -2.05. The summed E-state index contributed by atoms with van der Waals surface area (Å²) in [6, 6.07) is 7.90. The molecule has 1 heterocycles. The lowest BCUT2D eigenvalue weighted by molar-refractivity contribution is 0.112. The monoisotopic (exact) mass is 211 g/mol. The lowest BCUT2D eigenvalue weighted by Crippen LogP contribution is -1.88. The van der Waals surface area contributed by atoms with Gasteiger partial charge in [0.1, 0.15) is 6.29 Å². The Balaban J connectivity index is 2.49. The van der Waals surface area contributed by atoms with Crippen LogP contribution in [0.3, 0.4) is 0 Å². The Morgan fingerprint density at radius 3 is 2.50 bits per heavy atom. The minimum Gasteiger partial charge on any atom is -0.298 e. The van der Waals surface area contributed by atoms with Crippen LogP contribution in [0.5, 0.6) is 0 Å². The maximum absolute atomic E-state index is 10.7. The second-order valence-corrected chi connectivity index (χ2v) is 3.94. The Kier molecular flexibility index (Phi) is 2.82. The van der Waals surface area contributed by atoms with Gasteiger partial charge in [0.05, 0.1) is 0 Å². The quantitative estimate of drug-likeness (QED) is 0.714. The number of aldehydes is 1. The first kappa shape index (κ1) is 10.6. The predicted octanol–water partition coefficient (Wildman–Crippen LogP) is 3.18.